The molecule has 212 valence electrons. The highest BCUT2D eigenvalue weighted by Gasteiger charge is 2.27. The van der Waals surface area contributed by atoms with Gasteiger partial charge in [0.05, 0.1) is 24.9 Å². The summed E-state index contributed by atoms with van der Waals surface area (Å²) >= 11 is 0. The molecule has 2 fully saturated rings. The Morgan fingerprint density at radius 2 is 1.98 bits per heavy atom. The highest BCUT2D eigenvalue weighted by atomic mass is 16.6. The van der Waals surface area contributed by atoms with Crippen LogP contribution in [0, 0.1) is 24.2 Å². The van der Waals surface area contributed by atoms with E-state index in [1.807, 2.05) is 57.0 Å². The Bertz CT molecular complexity index is 1390. The Kier molecular flexibility index (Phi) is 8.27. The van der Waals surface area contributed by atoms with Crippen molar-refractivity contribution in [1.82, 2.24) is 19.4 Å². The van der Waals surface area contributed by atoms with Crippen molar-refractivity contribution in [3.8, 4) is 23.1 Å². The first-order chi connectivity index (χ1) is 19.2. The summed E-state index contributed by atoms with van der Waals surface area (Å²) < 4.78 is 19.6. The van der Waals surface area contributed by atoms with Gasteiger partial charge in [-0.15, -0.1) is 0 Å². The molecule has 0 aliphatic carbocycles. The van der Waals surface area contributed by atoms with Crippen LogP contribution in [0.3, 0.4) is 0 Å². The van der Waals surface area contributed by atoms with Gasteiger partial charge in [-0.2, -0.15) is 5.26 Å². The number of nitriles is 1. The van der Waals surface area contributed by atoms with Crippen LogP contribution in [-0.2, 0) is 16.0 Å². The number of fused-ring (bicyclic) bond motifs is 1. The predicted octanol–water partition coefficient (Wildman–Crippen LogP) is 5.87. The number of aromatic nitrogens is 3. The minimum absolute atomic E-state index is 0.158. The lowest BCUT2D eigenvalue weighted by molar-refractivity contribution is 0.0177. The molecule has 1 atom stereocenters. The second kappa shape index (κ2) is 11.8. The molecule has 9 nitrogen and oxygen atoms in total. The summed E-state index contributed by atoms with van der Waals surface area (Å²) in [6.07, 6.45) is 6.93. The van der Waals surface area contributed by atoms with Crippen molar-refractivity contribution < 1.29 is 19.0 Å². The van der Waals surface area contributed by atoms with Gasteiger partial charge in [0.1, 0.15) is 23.1 Å². The van der Waals surface area contributed by atoms with Gasteiger partial charge in [-0.25, -0.2) is 14.8 Å². The van der Waals surface area contributed by atoms with E-state index in [0.717, 1.165) is 91.9 Å². The van der Waals surface area contributed by atoms with Crippen LogP contribution in [0.4, 0.5) is 4.79 Å². The van der Waals surface area contributed by atoms with E-state index in [-0.39, 0.29) is 18.0 Å². The van der Waals surface area contributed by atoms with Crippen molar-refractivity contribution in [2.75, 3.05) is 26.3 Å². The van der Waals surface area contributed by atoms with Crippen molar-refractivity contribution >= 4 is 17.1 Å². The molecule has 5 rings (SSSR count). The Morgan fingerprint density at radius 3 is 2.65 bits per heavy atom. The van der Waals surface area contributed by atoms with E-state index >= 15 is 0 Å². The van der Waals surface area contributed by atoms with Crippen LogP contribution in [0.1, 0.15) is 64.3 Å². The number of amides is 1. The monoisotopic (exact) mass is 545 g/mol. The number of benzene rings is 1. The first-order valence-electron chi connectivity index (χ1n) is 14.3. The number of likely N-dealkylation sites (tertiary alicyclic amines) is 1. The molecule has 2 saturated heterocycles. The van der Waals surface area contributed by atoms with Gasteiger partial charge in [0.2, 0.25) is 5.82 Å². The third kappa shape index (κ3) is 6.56. The standard InChI is InChI=1S/C31H39N5O4/c1-21-18-23(28-25-11-15-36(20-24-6-5-16-38-24)29(25)34-27(19-32)33-28)7-8-26(21)39-17-12-22-9-13-35(14-10-22)30(37)40-31(2,3)4/h7-8,11,15,18,22,24H,5-6,9-10,12-14,16-17,20H2,1-4H3. The molecule has 3 aromatic rings. The van der Waals surface area contributed by atoms with Crippen LogP contribution < -0.4 is 4.74 Å². The summed E-state index contributed by atoms with van der Waals surface area (Å²) in [7, 11) is 0. The summed E-state index contributed by atoms with van der Waals surface area (Å²) in [6.45, 7) is 11.3. The second-order valence-corrected chi connectivity index (χ2v) is 11.9. The molecule has 2 aromatic heterocycles. The fourth-order valence-electron chi connectivity index (χ4n) is 5.52. The number of piperidine rings is 1. The number of aryl methyl sites for hydroxylation is 1. The van der Waals surface area contributed by atoms with Gasteiger partial charge in [0.25, 0.3) is 0 Å². The zero-order valence-corrected chi connectivity index (χ0v) is 24.0. The molecular formula is C31H39N5O4. The zero-order chi connectivity index (χ0) is 28.3. The highest BCUT2D eigenvalue weighted by Crippen LogP contribution is 2.31. The van der Waals surface area contributed by atoms with Gasteiger partial charge in [-0.05, 0) is 95.5 Å². The summed E-state index contributed by atoms with van der Waals surface area (Å²) in [5.41, 5.74) is 2.98. The number of carbonyl (C=O) groups excluding carboxylic acids is 1. The summed E-state index contributed by atoms with van der Waals surface area (Å²) in [4.78, 5) is 23.2. The second-order valence-electron chi connectivity index (χ2n) is 11.9. The predicted molar refractivity (Wildman–Crippen MR) is 152 cm³/mol. The third-order valence-electron chi connectivity index (χ3n) is 7.64. The fraction of sp³-hybridized carbons (Fsp3) is 0.548. The van der Waals surface area contributed by atoms with Crippen LogP contribution in [0.25, 0.3) is 22.3 Å². The van der Waals surface area contributed by atoms with Gasteiger partial charge >= 0.3 is 6.09 Å². The molecule has 0 bridgehead atoms. The molecule has 1 amide bonds. The molecular weight excluding hydrogens is 506 g/mol. The van der Waals surface area contributed by atoms with Crippen molar-refractivity contribution in [3.05, 3.63) is 41.9 Å². The van der Waals surface area contributed by atoms with E-state index in [1.54, 1.807) is 0 Å². The number of ether oxygens (including phenoxy) is 3. The van der Waals surface area contributed by atoms with Crippen LogP contribution in [0.2, 0.25) is 0 Å². The molecule has 0 spiro atoms. The average Bonchev–Trinajstić information content (AvgIpc) is 3.59. The van der Waals surface area contributed by atoms with E-state index in [0.29, 0.717) is 12.5 Å². The number of hydrogen-bond acceptors (Lipinski definition) is 7. The van der Waals surface area contributed by atoms with Gasteiger partial charge < -0.3 is 23.7 Å². The SMILES string of the molecule is Cc1cc(-c2nc(C#N)nc3c2ccn3CC2CCCO2)ccc1OCCC1CCN(C(=O)OC(C)(C)C)CC1. The fourth-order valence-corrected chi connectivity index (χ4v) is 5.52. The number of carbonyl (C=O) groups is 1. The normalized spacial score (nSPS) is 18.2. The van der Waals surface area contributed by atoms with Gasteiger partial charge in [-0.3, -0.25) is 0 Å². The van der Waals surface area contributed by atoms with Crippen LogP contribution in [0.15, 0.2) is 30.5 Å². The number of hydrogen-bond donors (Lipinski definition) is 0. The minimum atomic E-state index is -0.470. The molecule has 1 aromatic carbocycles. The quantitative estimate of drug-likeness (QED) is 0.366. The van der Waals surface area contributed by atoms with E-state index in [2.05, 4.69) is 26.7 Å². The first kappa shape index (κ1) is 27.9. The van der Waals surface area contributed by atoms with Crippen molar-refractivity contribution in [1.29, 1.82) is 5.26 Å². The molecule has 4 heterocycles. The summed E-state index contributed by atoms with van der Waals surface area (Å²) in [5, 5.41) is 10.5. The highest BCUT2D eigenvalue weighted by molar-refractivity contribution is 5.91. The maximum atomic E-state index is 12.3. The summed E-state index contributed by atoms with van der Waals surface area (Å²) in [5.74, 6) is 1.53. The smallest absolute Gasteiger partial charge is 0.410 e. The molecule has 0 saturated carbocycles. The van der Waals surface area contributed by atoms with Gasteiger partial charge in [-0.1, -0.05) is 0 Å². The van der Waals surface area contributed by atoms with Crippen molar-refractivity contribution in [3.63, 3.8) is 0 Å². The molecule has 9 heteroatoms. The van der Waals surface area contributed by atoms with Crippen molar-refractivity contribution in [2.45, 2.75) is 78.0 Å². The van der Waals surface area contributed by atoms with E-state index < -0.39 is 5.60 Å². The molecule has 0 radical (unpaired) electrons. The molecule has 2 aliphatic rings. The van der Waals surface area contributed by atoms with Gasteiger partial charge in [0, 0.05) is 36.8 Å². The maximum absolute atomic E-state index is 12.3. The Hall–Kier alpha value is -3.64. The van der Waals surface area contributed by atoms with Crippen LogP contribution >= 0.6 is 0 Å². The molecule has 0 N–H and O–H groups in total. The van der Waals surface area contributed by atoms with Crippen molar-refractivity contribution in [2.24, 2.45) is 5.92 Å². The van der Waals surface area contributed by atoms with Crippen LogP contribution in [-0.4, -0.2) is 63.5 Å². The van der Waals surface area contributed by atoms with E-state index in [1.165, 1.54) is 0 Å². The molecule has 2 aliphatic heterocycles. The Balaban J connectivity index is 1.21. The lowest BCUT2D eigenvalue weighted by atomic mass is 9.94. The molecule has 1 unspecified atom stereocenters. The third-order valence-corrected chi connectivity index (χ3v) is 7.64. The van der Waals surface area contributed by atoms with Crippen LogP contribution in [0.5, 0.6) is 5.75 Å². The topological polar surface area (TPSA) is 103 Å². The lowest BCUT2D eigenvalue weighted by Gasteiger charge is -2.33. The van der Waals surface area contributed by atoms with Gasteiger partial charge in [0.15, 0.2) is 0 Å². The van der Waals surface area contributed by atoms with E-state index in [9.17, 15) is 10.1 Å². The number of nitrogens with zero attached hydrogens (tertiary/aromatic N) is 5. The summed E-state index contributed by atoms with van der Waals surface area (Å²) in [6, 6.07) is 10.2. The average molecular weight is 546 g/mol. The zero-order valence-electron chi connectivity index (χ0n) is 24.0. The minimum Gasteiger partial charge on any atom is -0.493 e. The maximum Gasteiger partial charge on any atom is 0.410 e. The lowest BCUT2D eigenvalue weighted by Crippen LogP contribution is -2.41. The van der Waals surface area contributed by atoms with E-state index in [4.69, 9.17) is 14.2 Å². The Labute approximate surface area is 236 Å². The number of rotatable bonds is 7. The largest absolute Gasteiger partial charge is 0.493 e. The molecule has 40 heavy (non-hydrogen) atoms. The first-order valence-corrected chi connectivity index (χ1v) is 14.3. The Morgan fingerprint density at radius 1 is 1.18 bits per heavy atom.